The van der Waals surface area contributed by atoms with Gasteiger partial charge in [-0.15, -0.1) is 0 Å². The van der Waals surface area contributed by atoms with Crippen LogP contribution in [0, 0.1) is 10.1 Å². The molecule has 0 spiro atoms. The molecule has 2 aliphatic heterocycles. The molecular formula is C20H28N4O6. The van der Waals surface area contributed by atoms with E-state index < -0.39 is 4.92 Å². The number of anilines is 1. The fraction of sp³-hybridized carbons (Fsp3) is 0.550. The predicted molar refractivity (Wildman–Crippen MR) is 112 cm³/mol. The number of aliphatic hydroxyl groups excluding tert-OH is 1. The summed E-state index contributed by atoms with van der Waals surface area (Å²) in [6, 6.07) is 2.72. The molecule has 10 heteroatoms. The molecular weight excluding hydrogens is 392 g/mol. The Morgan fingerprint density at radius 2 is 2.13 bits per heavy atom. The third-order valence-electron chi connectivity index (χ3n) is 5.58. The fourth-order valence-electron chi connectivity index (χ4n) is 3.97. The van der Waals surface area contributed by atoms with Crippen molar-refractivity contribution in [2.75, 3.05) is 51.3 Å². The number of nitrogens with zero attached hydrogens (tertiary/aromatic N) is 3. The van der Waals surface area contributed by atoms with Crippen molar-refractivity contribution in [3.8, 4) is 5.75 Å². The Kier molecular flexibility index (Phi) is 7.11. The lowest BCUT2D eigenvalue weighted by atomic mass is 9.97. The molecule has 2 aliphatic rings. The van der Waals surface area contributed by atoms with Crippen LogP contribution in [-0.2, 0) is 4.74 Å². The van der Waals surface area contributed by atoms with E-state index in [2.05, 4.69) is 11.9 Å². The van der Waals surface area contributed by atoms with Crippen LogP contribution in [0.15, 0.2) is 18.7 Å². The van der Waals surface area contributed by atoms with Crippen LogP contribution >= 0.6 is 0 Å². The molecule has 0 saturated carbocycles. The molecule has 1 aromatic carbocycles. The molecule has 2 N–H and O–H groups in total. The Bertz CT molecular complexity index is 796. The van der Waals surface area contributed by atoms with Gasteiger partial charge in [0.05, 0.1) is 24.7 Å². The van der Waals surface area contributed by atoms with Crippen LogP contribution in [0.5, 0.6) is 5.75 Å². The number of aliphatic hydroxyl groups is 1. The molecule has 1 amide bonds. The molecule has 164 valence electrons. The molecule has 0 aromatic heterocycles. The number of ether oxygens (including phenoxy) is 2. The predicted octanol–water partition coefficient (Wildman–Crippen LogP) is 1.62. The first-order chi connectivity index (χ1) is 14.5. The summed E-state index contributed by atoms with van der Waals surface area (Å²) in [6.45, 7) is 6.88. The van der Waals surface area contributed by atoms with E-state index in [1.54, 1.807) is 17.0 Å². The molecule has 2 saturated heterocycles. The number of hydrogen-bond donors (Lipinski definition) is 2. The van der Waals surface area contributed by atoms with E-state index in [4.69, 9.17) is 9.47 Å². The summed E-state index contributed by atoms with van der Waals surface area (Å²) in [5.74, 6) is 0.143. The van der Waals surface area contributed by atoms with Gasteiger partial charge in [-0.2, -0.15) is 0 Å². The minimum Gasteiger partial charge on any atom is -0.490 e. The highest BCUT2D eigenvalue weighted by atomic mass is 16.6. The lowest BCUT2D eigenvalue weighted by Gasteiger charge is -2.41. The van der Waals surface area contributed by atoms with Crippen LogP contribution in [0.1, 0.15) is 18.4 Å². The van der Waals surface area contributed by atoms with E-state index in [1.807, 2.05) is 4.90 Å². The Balaban J connectivity index is 1.76. The summed E-state index contributed by atoms with van der Waals surface area (Å²) < 4.78 is 10.9. The van der Waals surface area contributed by atoms with Gasteiger partial charge in [0.1, 0.15) is 6.10 Å². The van der Waals surface area contributed by atoms with Crippen LogP contribution in [-0.4, -0.2) is 79.6 Å². The van der Waals surface area contributed by atoms with Gasteiger partial charge in [0.15, 0.2) is 5.75 Å². The van der Waals surface area contributed by atoms with Crippen molar-refractivity contribution in [3.63, 3.8) is 0 Å². The number of carbonyl (C=O) groups is 1. The second-order valence-corrected chi connectivity index (χ2v) is 7.34. The van der Waals surface area contributed by atoms with E-state index in [1.165, 1.54) is 13.2 Å². The van der Waals surface area contributed by atoms with Crippen molar-refractivity contribution in [2.45, 2.75) is 25.0 Å². The highest BCUT2D eigenvalue weighted by Gasteiger charge is 2.33. The molecule has 3 rings (SSSR count). The van der Waals surface area contributed by atoms with Gasteiger partial charge in [-0.05, 0) is 0 Å². The van der Waals surface area contributed by atoms with Crippen molar-refractivity contribution < 1.29 is 24.3 Å². The Hall–Kier alpha value is -2.85. The number of piperidine rings is 1. The lowest BCUT2D eigenvalue weighted by Crippen LogP contribution is -2.50. The number of nitrogens with one attached hydrogen (secondary N) is 1. The fourth-order valence-corrected chi connectivity index (χ4v) is 3.97. The SMILES string of the molecule is C=Cc1cc([N+](=O)[O-])c(OC)cc1N1CCC(OC(=O)N2CCNCC2)C[C@H]1CO. The summed E-state index contributed by atoms with van der Waals surface area (Å²) in [6.07, 6.45) is 1.98. The molecule has 10 nitrogen and oxygen atoms in total. The van der Waals surface area contributed by atoms with Gasteiger partial charge in [-0.1, -0.05) is 12.7 Å². The van der Waals surface area contributed by atoms with E-state index in [0.717, 1.165) is 13.1 Å². The quantitative estimate of drug-likeness (QED) is 0.527. The van der Waals surface area contributed by atoms with Crippen molar-refractivity contribution in [3.05, 3.63) is 34.4 Å². The van der Waals surface area contributed by atoms with Crippen LogP contribution < -0.4 is 15.0 Å². The second kappa shape index (κ2) is 9.77. The first-order valence-corrected chi connectivity index (χ1v) is 10.0. The van der Waals surface area contributed by atoms with Gasteiger partial charge in [0.2, 0.25) is 0 Å². The third kappa shape index (κ3) is 4.65. The topological polar surface area (TPSA) is 117 Å². The second-order valence-electron chi connectivity index (χ2n) is 7.34. The van der Waals surface area contributed by atoms with Gasteiger partial charge in [0.25, 0.3) is 0 Å². The number of rotatable bonds is 6. The average molecular weight is 420 g/mol. The van der Waals surface area contributed by atoms with Gasteiger partial charge in [0, 0.05) is 68.9 Å². The standard InChI is InChI=1S/C20H28N4O6/c1-3-14-10-18(24(27)28)19(29-2)12-17(14)23-7-4-16(11-15(23)13-25)30-20(26)22-8-5-21-6-9-22/h3,10,12,15-16,21,25H,1,4-9,11,13H2,2H3/t15-,16?/m0/s1. The highest BCUT2D eigenvalue weighted by molar-refractivity contribution is 5.74. The van der Waals surface area contributed by atoms with E-state index in [0.29, 0.717) is 43.7 Å². The maximum Gasteiger partial charge on any atom is 0.410 e. The number of methoxy groups -OCH3 is 1. The molecule has 2 atom stereocenters. The number of amides is 1. The zero-order chi connectivity index (χ0) is 21.7. The van der Waals surface area contributed by atoms with Crippen LogP contribution in [0.2, 0.25) is 0 Å². The molecule has 2 fully saturated rings. The third-order valence-corrected chi connectivity index (χ3v) is 5.58. The first kappa shape index (κ1) is 21.8. The summed E-state index contributed by atoms with van der Waals surface area (Å²) in [5, 5.41) is 24.5. The van der Waals surface area contributed by atoms with Gasteiger partial charge in [-0.25, -0.2) is 4.79 Å². The van der Waals surface area contributed by atoms with E-state index in [-0.39, 0.29) is 36.3 Å². The van der Waals surface area contributed by atoms with Crippen LogP contribution in [0.4, 0.5) is 16.2 Å². The Morgan fingerprint density at radius 1 is 1.40 bits per heavy atom. The number of nitro benzene ring substituents is 1. The molecule has 0 radical (unpaired) electrons. The molecule has 30 heavy (non-hydrogen) atoms. The number of carbonyl (C=O) groups excluding carboxylic acids is 1. The van der Waals surface area contributed by atoms with Gasteiger partial charge in [-0.3, -0.25) is 10.1 Å². The number of benzene rings is 1. The van der Waals surface area contributed by atoms with Crippen molar-refractivity contribution in [1.82, 2.24) is 10.2 Å². The minimum atomic E-state index is -0.499. The molecule has 1 unspecified atom stereocenters. The van der Waals surface area contributed by atoms with Crippen molar-refractivity contribution in [1.29, 1.82) is 0 Å². The van der Waals surface area contributed by atoms with Crippen LogP contribution in [0.25, 0.3) is 6.08 Å². The lowest BCUT2D eigenvalue weighted by molar-refractivity contribution is -0.385. The highest BCUT2D eigenvalue weighted by Crippen LogP contribution is 2.38. The van der Waals surface area contributed by atoms with E-state index in [9.17, 15) is 20.0 Å². The maximum absolute atomic E-state index is 12.4. The summed E-state index contributed by atoms with van der Waals surface area (Å²) in [7, 11) is 1.38. The van der Waals surface area contributed by atoms with Crippen molar-refractivity contribution in [2.24, 2.45) is 0 Å². The zero-order valence-corrected chi connectivity index (χ0v) is 17.1. The summed E-state index contributed by atoms with van der Waals surface area (Å²) in [5.41, 5.74) is 1.13. The molecule has 1 aromatic rings. The van der Waals surface area contributed by atoms with E-state index >= 15 is 0 Å². The smallest absolute Gasteiger partial charge is 0.410 e. The molecule has 0 aliphatic carbocycles. The largest absolute Gasteiger partial charge is 0.490 e. The van der Waals surface area contributed by atoms with Crippen molar-refractivity contribution >= 4 is 23.5 Å². The Labute approximate surface area is 175 Å². The Morgan fingerprint density at radius 3 is 2.73 bits per heavy atom. The minimum absolute atomic E-state index is 0.141. The van der Waals surface area contributed by atoms with Crippen LogP contribution in [0.3, 0.4) is 0 Å². The molecule has 2 heterocycles. The molecule has 0 bridgehead atoms. The average Bonchev–Trinajstić information content (AvgIpc) is 2.78. The normalized spacial score (nSPS) is 21.8. The number of nitro groups is 1. The summed E-state index contributed by atoms with van der Waals surface area (Å²) in [4.78, 5) is 26.9. The van der Waals surface area contributed by atoms with Gasteiger partial charge >= 0.3 is 11.8 Å². The summed E-state index contributed by atoms with van der Waals surface area (Å²) >= 11 is 0. The number of piperazine rings is 1. The zero-order valence-electron chi connectivity index (χ0n) is 17.1. The van der Waals surface area contributed by atoms with Gasteiger partial charge < -0.3 is 29.7 Å². The number of hydrogen-bond acceptors (Lipinski definition) is 8. The monoisotopic (exact) mass is 420 g/mol. The first-order valence-electron chi connectivity index (χ1n) is 10.0. The maximum atomic E-state index is 12.4.